The van der Waals surface area contributed by atoms with E-state index in [1.165, 1.54) is 0 Å². The highest BCUT2D eigenvalue weighted by Gasteiger charge is 2.15. The Bertz CT molecular complexity index is 606. The SMILES string of the molecule is N#Cc1c(Cl)nsc1Oc1cc(Cl)ccc1Cl. The summed E-state index contributed by atoms with van der Waals surface area (Å²) in [5, 5.41) is 10.2. The monoisotopic (exact) mass is 304 g/mol. The van der Waals surface area contributed by atoms with Crippen molar-refractivity contribution in [3.05, 3.63) is 39.0 Å². The summed E-state index contributed by atoms with van der Waals surface area (Å²) >= 11 is 18.5. The summed E-state index contributed by atoms with van der Waals surface area (Å²) in [7, 11) is 0. The Labute approximate surface area is 116 Å². The van der Waals surface area contributed by atoms with Crippen molar-refractivity contribution in [3.8, 4) is 16.9 Å². The molecule has 0 spiro atoms. The van der Waals surface area contributed by atoms with E-state index in [-0.39, 0.29) is 10.7 Å². The molecule has 86 valence electrons. The van der Waals surface area contributed by atoms with E-state index in [0.717, 1.165) is 11.5 Å². The Morgan fingerprint density at radius 3 is 2.76 bits per heavy atom. The van der Waals surface area contributed by atoms with E-state index in [0.29, 0.717) is 20.9 Å². The van der Waals surface area contributed by atoms with Gasteiger partial charge in [0.25, 0.3) is 0 Å². The molecule has 3 nitrogen and oxygen atoms in total. The van der Waals surface area contributed by atoms with E-state index >= 15 is 0 Å². The lowest BCUT2D eigenvalue weighted by molar-refractivity contribution is 0.495. The predicted octanol–water partition coefficient (Wildman–Crippen LogP) is 4.77. The fraction of sp³-hybridized carbons (Fsp3) is 0. The van der Waals surface area contributed by atoms with E-state index < -0.39 is 0 Å². The van der Waals surface area contributed by atoms with Gasteiger partial charge in [-0.2, -0.15) is 9.64 Å². The number of aromatic nitrogens is 1. The molecule has 0 aliphatic rings. The van der Waals surface area contributed by atoms with E-state index in [1.54, 1.807) is 18.2 Å². The van der Waals surface area contributed by atoms with Gasteiger partial charge in [0.1, 0.15) is 17.4 Å². The number of nitrogens with zero attached hydrogens (tertiary/aromatic N) is 2. The minimum absolute atomic E-state index is 0.116. The molecule has 0 aliphatic carbocycles. The van der Waals surface area contributed by atoms with Gasteiger partial charge in [-0.05, 0) is 12.1 Å². The van der Waals surface area contributed by atoms with Gasteiger partial charge in [0.15, 0.2) is 5.15 Å². The lowest BCUT2D eigenvalue weighted by Crippen LogP contribution is -1.85. The minimum Gasteiger partial charge on any atom is -0.442 e. The van der Waals surface area contributed by atoms with E-state index in [2.05, 4.69) is 4.37 Å². The van der Waals surface area contributed by atoms with Crippen molar-refractivity contribution >= 4 is 46.3 Å². The highest BCUT2D eigenvalue weighted by molar-refractivity contribution is 7.08. The lowest BCUT2D eigenvalue weighted by Gasteiger charge is -2.05. The van der Waals surface area contributed by atoms with Crippen LogP contribution < -0.4 is 4.74 Å². The van der Waals surface area contributed by atoms with Gasteiger partial charge in [-0.25, -0.2) is 0 Å². The van der Waals surface area contributed by atoms with Crippen LogP contribution in [-0.2, 0) is 0 Å². The van der Waals surface area contributed by atoms with Gasteiger partial charge >= 0.3 is 0 Å². The van der Waals surface area contributed by atoms with Crippen LogP contribution in [0.15, 0.2) is 18.2 Å². The van der Waals surface area contributed by atoms with E-state index in [4.69, 9.17) is 44.8 Å². The summed E-state index contributed by atoms with van der Waals surface area (Å²) in [4.78, 5) is 0. The van der Waals surface area contributed by atoms with Gasteiger partial charge in [-0.15, -0.1) is 0 Å². The minimum atomic E-state index is 0.116. The van der Waals surface area contributed by atoms with Crippen LogP contribution in [0.5, 0.6) is 10.8 Å². The number of halogens is 3. The van der Waals surface area contributed by atoms with Crippen LogP contribution in [0.25, 0.3) is 0 Å². The largest absolute Gasteiger partial charge is 0.442 e. The summed E-state index contributed by atoms with van der Waals surface area (Å²) in [6.07, 6.45) is 0. The third kappa shape index (κ3) is 2.64. The molecule has 0 atom stereocenters. The van der Waals surface area contributed by atoms with Gasteiger partial charge in [0, 0.05) is 22.6 Å². The third-order valence-electron chi connectivity index (χ3n) is 1.83. The lowest BCUT2D eigenvalue weighted by atomic mass is 10.3. The van der Waals surface area contributed by atoms with E-state index in [9.17, 15) is 0 Å². The molecule has 0 saturated heterocycles. The normalized spacial score (nSPS) is 10.0. The number of benzene rings is 1. The Morgan fingerprint density at radius 1 is 1.29 bits per heavy atom. The van der Waals surface area contributed by atoms with Crippen LogP contribution in [0, 0.1) is 11.3 Å². The maximum atomic E-state index is 8.88. The molecule has 0 N–H and O–H groups in total. The molecule has 1 heterocycles. The van der Waals surface area contributed by atoms with Crippen LogP contribution in [0.4, 0.5) is 0 Å². The summed E-state index contributed by atoms with van der Waals surface area (Å²) in [6.45, 7) is 0. The predicted molar refractivity (Wildman–Crippen MR) is 68.4 cm³/mol. The van der Waals surface area contributed by atoms with Crippen LogP contribution in [0.1, 0.15) is 5.56 Å². The topological polar surface area (TPSA) is 45.9 Å². The fourth-order valence-corrected chi connectivity index (χ4v) is 2.29. The average Bonchev–Trinajstić information content (AvgIpc) is 2.64. The number of nitriles is 1. The van der Waals surface area contributed by atoms with E-state index in [1.807, 2.05) is 6.07 Å². The van der Waals surface area contributed by atoms with Crippen molar-refractivity contribution in [2.24, 2.45) is 0 Å². The first-order valence-electron chi connectivity index (χ1n) is 4.30. The Morgan fingerprint density at radius 2 is 2.06 bits per heavy atom. The zero-order valence-electron chi connectivity index (χ0n) is 8.08. The molecule has 17 heavy (non-hydrogen) atoms. The second kappa shape index (κ2) is 5.11. The molecule has 7 heteroatoms. The van der Waals surface area contributed by atoms with Crippen molar-refractivity contribution in [1.29, 1.82) is 5.26 Å². The summed E-state index contributed by atoms with van der Waals surface area (Å²) in [6, 6.07) is 6.71. The summed E-state index contributed by atoms with van der Waals surface area (Å²) < 4.78 is 9.28. The standard InChI is InChI=1S/C10H3Cl3N2OS/c11-5-1-2-7(12)8(3-5)16-10-6(4-14)9(13)15-17-10/h1-3H. The molecule has 0 bridgehead atoms. The van der Waals surface area contributed by atoms with Crippen LogP contribution >= 0.6 is 46.3 Å². The molecule has 0 amide bonds. The maximum absolute atomic E-state index is 8.88. The highest BCUT2D eigenvalue weighted by Crippen LogP contribution is 2.37. The maximum Gasteiger partial charge on any atom is 0.219 e. The molecule has 0 aliphatic heterocycles. The van der Waals surface area contributed by atoms with Crippen molar-refractivity contribution in [3.63, 3.8) is 0 Å². The first kappa shape index (κ1) is 12.5. The smallest absolute Gasteiger partial charge is 0.219 e. The fourth-order valence-electron chi connectivity index (χ4n) is 1.07. The first-order chi connectivity index (χ1) is 8.11. The van der Waals surface area contributed by atoms with Gasteiger partial charge in [0.05, 0.1) is 5.02 Å². The first-order valence-corrected chi connectivity index (χ1v) is 6.20. The van der Waals surface area contributed by atoms with Crippen LogP contribution in [0.2, 0.25) is 15.2 Å². The average molecular weight is 306 g/mol. The molecule has 0 saturated carbocycles. The molecule has 2 rings (SSSR count). The van der Waals surface area contributed by atoms with Crippen LogP contribution in [0.3, 0.4) is 0 Å². The number of hydrogen-bond acceptors (Lipinski definition) is 4. The van der Waals surface area contributed by atoms with Crippen LogP contribution in [-0.4, -0.2) is 4.37 Å². The molecular formula is C10H3Cl3N2OS. The molecule has 2 aromatic rings. The number of hydrogen-bond donors (Lipinski definition) is 0. The molecule has 0 unspecified atom stereocenters. The molecule has 0 fully saturated rings. The Hall–Kier alpha value is -0.990. The van der Waals surface area contributed by atoms with Crippen molar-refractivity contribution in [2.45, 2.75) is 0 Å². The van der Waals surface area contributed by atoms with Gasteiger partial charge in [0.2, 0.25) is 5.06 Å². The van der Waals surface area contributed by atoms with Gasteiger partial charge < -0.3 is 4.74 Å². The zero-order valence-corrected chi connectivity index (χ0v) is 11.2. The van der Waals surface area contributed by atoms with Crippen molar-refractivity contribution in [1.82, 2.24) is 4.37 Å². The molecule has 1 aromatic heterocycles. The number of rotatable bonds is 2. The Kier molecular flexibility index (Phi) is 3.75. The molecular weight excluding hydrogens is 303 g/mol. The Balaban J connectivity index is 2.38. The second-order valence-electron chi connectivity index (χ2n) is 2.92. The molecule has 1 aromatic carbocycles. The zero-order chi connectivity index (χ0) is 12.4. The number of ether oxygens (including phenoxy) is 1. The molecule has 0 radical (unpaired) electrons. The van der Waals surface area contributed by atoms with Gasteiger partial charge in [-0.3, -0.25) is 0 Å². The van der Waals surface area contributed by atoms with Crippen molar-refractivity contribution < 1.29 is 4.74 Å². The van der Waals surface area contributed by atoms with Crippen molar-refractivity contribution in [2.75, 3.05) is 0 Å². The second-order valence-corrected chi connectivity index (χ2v) is 4.86. The summed E-state index contributed by atoms with van der Waals surface area (Å²) in [5.41, 5.74) is 0.188. The third-order valence-corrected chi connectivity index (χ3v) is 3.48. The highest BCUT2D eigenvalue weighted by atomic mass is 35.5. The van der Waals surface area contributed by atoms with Gasteiger partial charge in [-0.1, -0.05) is 34.8 Å². The quantitative estimate of drug-likeness (QED) is 0.803. The summed E-state index contributed by atoms with van der Waals surface area (Å²) in [5.74, 6) is 0.357.